The van der Waals surface area contributed by atoms with Crippen LogP contribution in [0.5, 0.6) is 0 Å². The maximum Gasteiger partial charge on any atom is 0.365 e. The summed E-state index contributed by atoms with van der Waals surface area (Å²) in [6.45, 7) is 3.74. The molecule has 0 unspecified atom stereocenters. The van der Waals surface area contributed by atoms with E-state index in [1.54, 1.807) is 23.5 Å². The largest absolute Gasteiger partial charge is 0.365 e. The van der Waals surface area contributed by atoms with Gasteiger partial charge in [0.15, 0.2) is 0 Å². The summed E-state index contributed by atoms with van der Waals surface area (Å²) in [6.07, 6.45) is 0. The van der Waals surface area contributed by atoms with Crippen LogP contribution in [-0.2, 0) is 4.84 Å². The van der Waals surface area contributed by atoms with Gasteiger partial charge in [0.2, 0.25) is 0 Å². The first-order valence-electron chi connectivity index (χ1n) is 5.53. The molecule has 0 aliphatic rings. The van der Waals surface area contributed by atoms with Crippen LogP contribution in [0, 0.1) is 6.92 Å². The third-order valence-electron chi connectivity index (χ3n) is 2.40. The number of thiophene rings is 1. The van der Waals surface area contributed by atoms with Gasteiger partial charge in [-0.3, -0.25) is 0 Å². The number of hydrogen-bond donors (Lipinski definition) is 0. The van der Waals surface area contributed by atoms with Crippen molar-refractivity contribution in [2.45, 2.75) is 13.8 Å². The Kier molecular flexibility index (Phi) is 3.89. The van der Waals surface area contributed by atoms with E-state index in [1.165, 1.54) is 0 Å². The second-order valence-corrected chi connectivity index (χ2v) is 4.85. The molecule has 0 saturated carbocycles. The fraction of sp³-hybridized carbons (Fsp3) is 0.143. The molecule has 2 rings (SSSR count). The molecule has 0 fully saturated rings. The molecule has 0 amide bonds. The molecule has 0 N–H and O–H groups in total. The number of hydrogen-bond acceptors (Lipinski definition) is 4. The summed E-state index contributed by atoms with van der Waals surface area (Å²) in [7, 11) is 0. The highest BCUT2D eigenvalue weighted by Crippen LogP contribution is 2.11. The number of benzene rings is 1. The molecular weight excluding hydrogens is 246 g/mol. The van der Waals surface area contributed by atoms with E-state index in [0.717, 1.165) is 10.4 Å². The average molecular weight is 259 g/mol. The average Bonchev–Trinajstić information content (AvgIpc) is 2.89. The third-order valence-corrected chi connectivity index (χ3v) is 3.38. The zero-order valence-corrected chi connectivity index (χ0v) is 11.0. The second-order valence-electron chi connectivity index (χ2n) is 3.90. The van der Waals surface area contributed by atoms with Crippen LogP contribution in [0.1, 0.15) is 27.7 Å². The van der Waals surface area contributed by atoms with Gasteiger partial charge in [-0.2, -0.15) is 0 Å². The molecule has 3 nitrogen and oxygen atoms in total. The van der Waals surface area contributed by atoms with E-state index < -0.39 is 5.97 Å². The molecule has 92 valence electrons. The van der Waals surface area contributed by atoms with E-state index in [-0.39, 0.29) is 0 Å². The van der Waals surface area contributed by atoms with Crippen molar-refractivity contribution < 1.29 is 9.63 Å². The summed E-state index contributed by atoms with van der Waals surface area (Å²) in [5, 5.41) is 5.81. The van der Waals surface area contributed by atoms with Crippen molar-refractivity contribution >= 4 is 23.0 Å². The lowest BCUT2D eigenvalue weighted by Crippen LogP contribution is -2.03. The lowest BCUT2D eigenvalue weighted by Gasteiger charge is -2.00. The van der Waals surface area contributed by atoms with Crippen LogP contribution in [0.4, 0.5) is 0 Å². The Hall–Kier alpha value is -1.94. The predicted octanol–water partition coefficient (Wildman–Crippen LogP) is 3.64. The van der Waals surface area contributed by atoms with Gasteiger partial charge >= 0.3 is 5.97 Å². The Morgan fingerprint density at radius 2 is 2.11 bits per heavy atom. The summed E-state index contributed by atoms with van der Waals surface area (Å²) in [4.78, 5) is 17.7. The number of carbonyl (C=O) groups is 1. The number of oxime groups is 1. The van der Waals surface area contributed by atoms with Gasteiger partial charge in [-0.25, -0.2) is 4.79 Å². The molecule has 2 aromatic rings. The molecule has 1 aromatic carbocycles. The second kappa shape index (κ2) is 5.60. The monoisotopic (exact) mass is 259 g/mol. The first-order valence-corrected chi connectivity index (χ1v) is 6.41. The molecule has 1 aromatic heterocycles. The van der Waals surface area contributed by atoms with Crippen LogP contribution >= 0.6 is 11.3 Å². The van der Waals surface area contributed by atoms with Crippen molar-refractivity contribution in [3.63, 3.8) is 0 Å². The van der Waals surface area contributed by atoms with Crippen LogP contribution in [0.25, 0.3) is 0 Å². The van der Waals surface area contributed by atoms with Crippen molar-refractivity contribution in [2.24, 2.45) is 5.16 Å². The fourth-order valence-corrected chi connectivity index (χ4v) is 2.13. The smallest absolute Gasteiger partial charge is 0.313 e. The molecule has 18 heavy (non-hydrogen) atoms. The molecule has 0 atom stereocenters. The maximum atomic E-state index is 11.7. The molecule has 0 bridgehead atoms. The Labute approximate surface area is 110 Å². The number of nitrogens with zero attached hydrogens (tertiary/aromatic N) is 1. The Balaban J connectivity index is 2.07. The summed E-state index contributed by atoms with van der Waals surface area (Å²) in [5.41, 5.74) is 2.23. The zero-order valence-electron chi connectivity index (χ0n) is 10.2. The quantitative estimate of drug-likeness (QED) is 0.479. The van der Waals surface area contributed by atoms with Crippen LogP contribution in [0.15, 0.2) is 46.9 Å². The van der Waals surface area contributed by atoms with E-state index >= 15 is 0 Å². The van der Waals surface area contributed by atoms with Gasteiger partial charge in [0.25, 0.3) is 0 Å². The minimum atomic E-state index is -0.436. The SMILES string of the molecule is C/C(=N/OC(=O)c1cccc(C)c1)c1cccs1. The van der Waals surface area contributed by atoms with Gasteiger partial charge in [0.1, 0.15) is 0 Å². The Bertz CT molecular complexity index is 573. The number of aryl methyl sites for hydroxylation is 1. The number of rotatable bonds is 3. The normalized spacial score (nSPS) is 11.3. The van der Waals surface area contributed by atoms with Crippen molar-refractivity contribution in [1.82, 2.24) is 0 Å². The molecule has 0 radical (unpaired) electrons. The molecule has 4 heteroatoms. The van der Waals surface area contributed by atoms with E-state index in [1.807, 2.05) is 43.5 Å². The fourth-order valence-electron chi connectivity index (χ4n) is 1.46. The summed E-state index contributed by atoms with van der Waals surface area (Å²) < 4.78 is 0. The van der Waals surface area contributed by atoms with Gasteiger partial charge in [-0.1, -0.05) is 28.9 Å². The minimum absolute atomic E-state index is 0.436. The van der Waals surface area contributed by atoms with Crippen molar-refractivity contribution in [1.29, 1.82) is 0 Å². The van der Waals surface area contributed by atoms with Crippen LogP contribution in [-0.4, -0.2) is 11.7 Å². The standard InChI is InChI=1S/C14H13NO2S/c1-10-5-3-6-12(9-10)14(16)17-15-11(2)13-7-4-8-18-13/h3-9H,1-2H3/b15-11-. The van der Waals surface area contributed by atoms with Gasteiger partial charge in [0.05, 0.1) is 16.2 Å². The van der Waals surface area contributed by atoms with Gasteiger partial charge < -0.3 is 4.84 Å². The molecule has 0 spiro atoms. The lowest BCUT2D eigenvalue weighted by atomic mass is 10.1. The van der Waals surface area contributed by atoms with Gasteiger partial charge in [0, 0.05) is 0 Å². The highest BCUT2D eigenvalue weighted by atomic mass is 32.1. The highest BCUT2D eigenvalue weighted by Gasteiger charge is 2.07. The first kappa shape index (κ1) is 12.5. The molecule has 0 aliphatic carbocycles. The van der Waals surface area contributed by atoms with Crippen LogP contribution in [0.3, 0.4) is 0 Å². The maximum absolute atomic E-state index is 11.7. The van der Waals surface area contributed by atoms with E-state index in [0.29, 0.717) is 11.3 Å². The summed E-state index contributed by atoms with van der Waals surface area (Å²) >= 11 is 1.56. The zero-order chi connectivity index (χ0) is 13.0. The van der Waals surface area contributed by atoms with Crippen molar-refractivity contribution in [2.75, 3.05) is 0 Å². The summed E-state index contributed by atoms with van der Waals surface area (Å²) in [5.74, 6) is -0.436. The Morgan fingerprint density at radius 1 is 1.28 bits per heavy atom. The van der Waals surface area contributed by atoms with Gasteiger partial charge in [-0.15, -0.1) is 11.3 Å². The van der Waals surface area contributed by atoms with Crippen molar-refractivity contribution in [3.8, 4) is 0 Å². The highest BCUT2D eigenvalue weighted by molar-refractivity contribution is 7.12. The van der Waals surface area contributed by atoms with E-state index in [4.69, 9.17) is 4.84 Å². The molecule has 0 aliphatic heterocycles. The lowest BCUT2D eigenvalue weighted by molar-refractivity contribution is 0.0516. The molecule has 1 heterocycles. The Morgan fingerprint density at radius 3 is 2.78 bits per heavy atom. The molecular formula is C14H13NO2S. The van der Waals surface area contributed by atoms with Gasteiger partial charge in [-0.05, 0) is 37.4 Å². The summed E-state index contributed by atoms with van der Waals surface area (Å²) in [6, 6.07) is 11.1. The topological polar surface area (TPSA) is 38.7 Å². The van der Waals surface area contributed by atoms with E-state index in [9.17, 15) is 4.79 Å². The van der Waals surface area contributed by atoms with Crippen LogP contribution in [0.2, 0.25) is 0 Å². The van der Waals surface area contributed by atoms with Crippen molar-refractivity contribution in [3.05, 3.63) is 57.8 Å². The number of carbonyl (C=O) groups excluding carboxylic acids is 1. The predicted molar refractivity (Wildman–Crippen MR) is 73.1 cm³/mol. The molecule has 0 saturated heterocycles. The van der Waals surface area contributed by atoms with E-state index in [2.05, 4.69) is 5.16 Å². The van der Waals surface area contributed by atoms with Crippen LogP contribution < -0.4 is 0 Å². The third kappa shape index (κ3) is 3.05. The minimum Gasteiger partial charge on any atom is -0.313 e. The first-order chi connectivity index (χ1) is 8.66.